The number of hydrogen-bond acceptors (Lipinski definition) is 3. The summed E-state index contributed by atoms with van der Waals surface area (Å²) in [6.07, 6.45) is 1.03. The molecule has 0 amide bonds. The Bertz CT molecular complexity index is 188. The van der Waals surface area contributed by atoms with E-state index in [1.54, 1.807) is 0 Å². The summed E-state index contributed by atoms with van der Waals surface area (Å²) in [5.41, 5.74) is 0.0621. The highest BCUT2D eigenvalue weighted by Crippen LogP contribution is 2.13. The Morgan fingerprint density at radius 2 is 1.69 bits per heavy atom. The van der Waals surface area contributed by atoms with Gasteiger partial charge in [-0.2, -0.15) is 0 Å². The zero-order valence-electron chi connectivity index (χ0n) is 12.1. The van der Waals surface area contributed by atoms with E-state index in [0.717, 1.165) is 19.6 Å². The summed E-state index contributed by atoms with van der Waals surface area (Å²) in [7, 11) is 1.95. The maximum absolute atomic E-state index is 5.88. The van der Waals surface area contributed by atoms with Crippen molar-refractivity contribution in [1.82, 2.24) is 10.6 Å². The van der Waals surface area contributed by atoms with E-state index in [9.17, 15) is 0 Å². The molecule has 0 radical (unpaired) electrons. The monoisotopic (exact) mass is 230 g/mol. The predicted octanol–water partition coefficient (Wildman–Crippen LogP) is 2.17. The van der Waals surface area contributed by atoms with Crippen LogP contribution in [0.4, 0.5) is 0 Å². The van der Waals surface area contributed by atoms with Crippen molar-refractivity contribution in [3.63, 3.8) is 0 Å². The van der Waals surface area contributed by atoms with Crippen molar-refractivity contribution in [3.05, 3.63) is 0 Å². The minimum atomic E-state index is -0.0807. The minimum Gasteiger partial charge on any atom is -0.374 e. The van der Waals surface area contributed by atoms with Crippen molar-refractivity contribution in [2.24, 2.45) is 0 Å². The van der Waals surface area contributed by atoms with E-state index in [1.165, 1.54) is 0 Å². The van der Waals surface area contributed by atoms with E-state index in [0.29, 0.717) is 6.04 Å². The Morgan fingerprint density at radius 3 is 2.12 bits per heavy atom. The summed E-state index contributed by atoms with van der Waals surface area (Å²) in [5.74, 6) is 0. The Labute approximate surface area is 101 Å². The van der Waals surface area contributed by atoms with Gasteiger partial charge in [-0.25, -0.2) is 0 Å². The van der Waals surface area contributed by atoms with Crippen molar-refractivity contribution in [2.75, 3.05) is 20.2 Å². The van der Waals surface area contributed by atoms with Gasteiger partial charge < -0.3 is 15.4 Å². The third-order valence-corrected chi connectivity index (χ3v) is 2.50. The topological polar surface area (TPSA) is 33.3 Å². The normalized spacial score (nSPS) is 13.5. The molecule has 0 aromatic rings. The van der Waals surface area contributed by atoms with Crippen LogP contribution in [0.2, 0.25) is 0 Å². The molecule has 0 saturated carbocycles. The molecule has 0 aliphatic heterocycles. The lowest BCUT2D eigenvalue weighted by Gasteiger charge is -2.31. The third-order valence-electron chi connectivity index (χ3n) is 2.50. The van der Waals surface area contributed by atoms with Crippen molar-refractivity contribution < 1.29 is 4.74 Å². The number of ether oxygens (including phenoxy) is 1. The average Bonchev–Trinajstić information content (AvgIpc) is 1.99. The lowest BCUT2D eigenvalue weighted by atomic mass is 10.00. The molecule has 0 fully saturated rings. The van der Waals surface area contributed by atoms with Gasteiger partial charge in [-0.3, -0.25) is 0 Å². The maximum Gasteiger partial charge on any atom is 0.0750 e. The van der Waals surface area contributed by atoms with Crippen LogP contribution in [0.15, 0.2) is 0 Å². The van der Waals surface area contributed by atoms with Crippen LogP contribution in [0.25, 0.3) is 0 Å². The van der Waals surface area contributed by atoms with Gasteiger partial charge in [0.25, 0.3) is 0 Å². The molecule has 16 heavy (non-hydrogen) atoms. The number of hydrogen-bond donors (Lipinski definition) is 2. The highest BCUT2D eigenvalue weighted by molar-refractivity contribution is 4.80. The van der Waals surface area contributed by atoms with Gasteiger partial charge >= 0.3 is 0 Å². The summed E-state index contributed by atoms with van der Waals surface area (Å²) in [5, 5.41) is 6.69. The Morgan fingerprint density at radius 1 is 1.12 bits per heavy atom. The van der Waals surface area contributed by atoms with Gasteiger partial charge in [0.05, 0.1) is 5.60 Å². The maximum atomic E-state index is 5.88. The van der Waals surface area contributed by atoms with Gasteiger partial charge in [0.2, 0.25) is 0 Å². The molecule has 0 aromatic carbocycles. The molecule has 2 N–H and O–H groups in total. The van der Waals surface area contributed by atoms with Crippen LogP contribution in [0.5, 0.6) is 0 Å². The molecule has 0 saturated heterocycles. The summed E-state index contributed by atoms with van der Waals surface area (Å²) in [6.45, 7) is 14.7. The van der Waals surface area contributed by atoms with Gasteiger partial charge in [0, 0.05) is 24.7 Å². The van der Waals surface area contributed by atoms with E-state index in [-0.39, 0.29) is 11.1 Å². The lowest BCUT2D eigenvalue weighted by molar-refractivity contribution is -0.0232. The highest BCUT2D eigenvalue weighted by Gasteiger charge is 2.21. The van der Waals surface area contributed by atoms with Crippen LogP contribution in [0.3, 0.4) is 0 Å². The first-order valence-electron chi connectivity index (χ1n) is 6.25. The summed E-state index contributed by atoms with van der Waals surface area (Å²) in [4.78, 5) is 0. The summed E-state index contributed by atoms with van der Waals surface area (Å²) >= 11 is 0. The first-order valence-corrected chi connectivity index (χ1v) is 6.25. The number of likely N-dealkylation sites (N-methyl/N-ethyl adjacent to an activating group) is 1. The van der Waals surface area contributed by atoms with E-state index < -0.39 is 0 Å². The predicted molar refractivity (Wildman–Crippen MR) is 70.9 cm³/mol. The lowest BCUT2D eigenvalue weighted by Crippen LogP contribution is -2.45. The SMILES string of the molecule is CNCC(C)(C)OCCC(C)(C)NC(C)C. The number of rotatable bonds is 8. The van der Waals surface area contributed by atoms with E-state index in [1.807, 2.05) is 7.05 Å². The minimum absolute atomic E-state index is 0.0807. The van der Waals surface area contributed by atoms with Gasteiger partial charge in [-0.15, -0.1) is 0 Å². The van der Waals surface area contributed by atoms with Gasteiger partial charge in [-0.1, -0.05) is 13.8 Å². The zero-order valence-corrected chi connectivity index (χ0v) is 12.1. The van der Waals surface area contributed by atoms with Crippen LogP contribution >= 0.6 is 0 Å². The molecule has 0 spiro atoms. The molecule has 3 nitrogen and oxygen atoms in total. The molecule has 0 aliphatic rings. The molecule has 0 aliphatic carbocycles. The van der Waals surface area contributed by atoms with Gasteiger partial charge in [-0.05, 0) is 41.2 Å². The smallest absolute Gasteiger partial charge is 0.0750 e. The van der Waals surface area contributed by atoms with Gasteiger partial charge in [0.15, 0.2) is 0 Å². The van der Waals surface area contributed by atoms with Crippen LogP contribution in [-0.4, -0.2) is 37.4 Å². The van der Waals surface area contributed by atoms with E-state index in [4.69, 9.17) is 4.74 Å². The number of nitrogens with one attached hydrogen (secondary N) is 2. The molecule has 98 valence electrons. The van der Waals surface area contributed by atoms with Crippen molar-refractivity contribution in [1.29, 1.82) is 0 Å². The Hall–Kier alpha value is -0.120. The molecular formula is C13H30N2O. The van der Waals surface area contributed by atoms with E-state index in [2.05, 4.69) is 52.2 Å². The molecular weight excluding hydrogens is 200 g/mol. The van der Waals surface area contributed by atoms with Gasteiger partial charge in [0.1, 0.15) is 0 Å². The first kappa shape index (κ1) is 15.9. The quantitative estimate of drug-likeness (QED) is 0.670. The average molecular weight is 230 g/mol. The first-order chi connectivity index (χ1) is 7.18. The van der Waals surface area contributed by atoms with Crippen molar-refractivity contribution in [2.45, 2.75) is 65.1 Å². The Balaban J connectivity index is 3.88. The van der Waals surface area contributed by atoms with Crippen molar-refractivity contribution >= 4 is 0 Å². The Kier molecular flexibility index (Phi) is 6.53. The fourth-order valence-electron chi connectivity index (χ4n) is 1.91. The van der Waals surface area contributed by atoms with Crippen LogP contribution in [-0.2, 0) is 4.74 Å². The second-order valence-corrected chi connectivity index (χ2v) is 6.07. The van der Waals surface area contributed by atoms with Crippen molar-refractivity contribution in [3.8, 4) is 0 Å². The fourth-order valence-corrected chi connectivity index (χ4v) is 1.91. The molecule has 0 bridgehead atoms. The highest BCUT2D eigenvalue weighted by atomic mass is 16.5. The zero-order chi connectivity index (χ0) is 12.8. The summed E-state index contributed by atoms with van der Waals surface area (Å²) < 4.78 is 5.88. The largest absolute Gasteiger partial charge is 0.374 e. The van der Waals surface area contributed by atoms with E-state index >= 15 is 0 Å². The van der Waals surface area contributed by atoms with Crippen LogP contribution in [0, 0.1) is 0 Å². The molecule has 0 aromatic heterocycles. The van der Waals surface area contributed by atoms with Crippen LogP contribution < -0.4 is 10.6 Å². The molecule has 0 unspecified atom stereocenters. The van der Waals surface area contributed by atoms with Crippen LogP contribution in [0.1, 0.15) is 48.0 Å². The third kappa shape index (κ3) is 8.08. The molecule has 0 heterocycles. The molecule has 3 heteroatoms. The fraction of sp³-hybridized carbons (Fsp3) is 1.00. The summed E-state index contributed by atoms with van der Waals surface area (Å²) in [6, 6.07) is 0.514. The molecule has 0 atom stereocenters. The second kappa shape index (κ2) is 6.58. The molecule has 0 rings (SSSR count). The second-order valence-electron chi connectivity index (χ2n) is 6.07. The standard InChI is InChI=1S/C13H30N2O/c1-11(2)15-12(3,4)8-9-16-13(5,6)10-14-7/h11,14-15H,8-10H2,1-7H3.